The minimum atomic E-state index is -4.58. The van der Waals surface area contributed by atoms with Gasteiger partial charge >= 0.3 is 6.18 Å². The summed E-state index contributed by atoms with van der Waals surface area (Å²) in [6.07, 6.45) is -4.73. The van der Waals surface area contributed by atoms with Gasteiger partial charge in [0.05, 0.1) is 35.5 Å². The molecule has 1 heterocycles. The average Bonchev–Trinajstić information content (AvgIpc) is 2.70. The molecule has 30 heavy (non-hydrogen) atoms. The van der Waals surface area contributed by atoms with Gasteiger partial charge < -0.3 is 19.8 Å². The zero-order chi connectivity index (χ0) is 21.8. The number of halogens is 4. The second-order valence-corrected chi connectivity index (χ2v) is 8.09. The molecule has 1 unspecified atom stereocenters. The number of aliphatic hydroxyl groups excluding tert-OH is 1. The summed E-state index contributed by atoms with van der Waals surface area (Å²) in [4.78, 5) is 1.98. The Bertz CT molecular complexity index is 824. The molecule has 2 N–H and O–H groups in total. The summed E-state index contributed by atoms with van der Waals surface area (Å²) in [5, 5.41) is 20.7. The van der Waals surface area contributed by atoms with Crippen LogP contribution < -0.4 is 0 Å². The summed E-state index contributed by atoms with van der Waals surface area (Å²) in [5.74, 6) is 0. The van der Waals surface area contributed by atoms with Crippen LogP contribution in [0.5, 0.6) is 0 Å². The molecule has 0 amide bonds. The predicted molar refractivity (Wildman–Crippen MR) is 108 cm³/mol. The summed E-state index contributed by atoms with van der Waals surface area (Å²) in [7, 11) is 0. The molecular formula is C22H25ClF3NO3. The Morgan fingerprint density at radius 2 is 1.77 bits per heavy atom. The quantitative estimate of drug-likeness (QED) is 0.672. The van der Waals surface area contributed by atoms with Crippen LogP contribution in [0.3, 0.4) is 0 Å². The topological polar surface area (TPSA) is 52.9 Å². The van der Waals surface area contributed by atoms with Gasteiger partial charge in [0.1, 0.15) is 0 Å². The van der Waals surface area contributed by atoms with Gasteiger partial charge in [-0.3, -0.25) is 0 Å². The number of hydrogen-bond donors (Lipinski definition) is 2. The van der Waals surface area contributed by atoms with Crippen LogP contribution in [-0.4, -0.2) is 47.5 Å². The number of likely N-dealkylation sites (tertiary alicyclic amines) is 1. The van der Waals surface area contributed by atoms with E-state index in [1.54, 1.807) is 0 Å². The van der Waals surface area contributed by atoms with Gasteiger partial charge in [0.25, 0.3) is 0 Å². The van der Waals surface area contributed by atoms with Crippen LogP contribution in [0, 0.1) is 0 Å². The Hall–Kier alpha value is -1.64. The number of alkyl halides is 3. The van der Waals surface area contributed by atoms with Crippen molar-refractivity contribution in [3.05, 3.63) is 70.2 Å². The molecule has 0 spiro atoms. The molecule has 1 atom stereocenters. The first-order valence-corrected chi connectivity index (χ1v) is 10.2. The van der Waals surface area contributed by atoms with Crippen molar-refractivity contribution in [2.75, 3.05) is 26.2 Å². The molecule has 8 heteroatoms. The fraction of sp³-hybridized carbons (Fsp3) is 0.455. The van der Waals surface area contributed by atoms with Crippen molar-refractivity contribution in [2.45, 2.75) is 37.3 Å². The van der Waals surface area contributed by atoms with E-state index in [1.165, 1.54) is 12.1 Å². The zero-order valence-electron chi connectivity index (χ0n) is 16.4. The molecule has 1 aliphatic rings. The molecule has 0 bridgehead atoms. The molecule has 0 saturated carbocycles. The fourth-order valence-electron chi connectivity index (χ4n) is 3.66. The van der Waals surface area contributed by atoms with Gasteiger partial charge in [-0.15, -0.1) is 0 Å². The maximum Gasteiger partial charge on any atom is 0.417 e. The lowest BCUT2D eigenvalue weighted by atomic mass is 9.83. The third kappa shape index (κ3) is 5.95. The predicted octanol–water partition coefficient (Wildman–Crippen LogP) is 4.22. The van der Waals surface area contributed by atoms with Gasteiger partial charge in [-0.2, -0.15) is 13.2 Å². The maximum absolute atomic E-state index is 13.1. The van der Waals surface area contributed by atoms with Gasteiger partial charge in [-0.05, 0) is 36.1 Å². The van der Waals surface area contributed by atoms with Crippen molar-refractivity contribution >= 4 is 11.6 Å². The second-order valence-electron chi connectivity index (χ2n) is 7.68. The van der Waals surface area contributed by atoms with Crippen molar-refractivity contribution in [1.82, 2.24) is 4.90 Å². The first-order valence-electron chi connectivity index (χ1n) is 9.79. The maximum atomic E-state index is 13.1. The fourth-order valence-corrected chi connectivity index (χ4v) is 3.89. The van der Waals surface area contributed by atoms with E-state index in [1.807, 2.05) is 35.2 Å². The van der Waals surface area contributed by atoms with Gasteiger partial charge in [0.15, 0.2) is 0 Å². The van der Waals surface area contributed by atoms with E-state index in [0.717, 1.165) is 11.6 Å². The number of β-amino-alcohol motifs (C(OH)–C–C–N with tert-alkyl or cyclic N) is 1. The van der Waals surface area contributed by atoms with E-state index in [4.69, 9.17) is 16.3 Å². The summed E-state index contributed by atoms with van der Waals surface area (Å²) < 4.78 is 44.9. The van der Waals surface area contributed by atoms with Crippen molar-refractivity contribution in [1.29, 1.82) is 0 Å². The Morgan fingerprint density at radius 1 is 1.10 bits per heavy atom. The molecular weight excluding hydrogens is 419 g/mol. The molecule has 2 aromatic rings. The van der Waals surface area contributed by atoms with E-state index in [9.17, 15) is 23.4 Å². The van der Waals surface area contributed by atoms with Gasteiger partial charge in [-0.25, -0.2) is 0 Å². The molecule has 1 saturated heterocycles. The smallest absolute Gasteiger partial charge is 0.389 e. The number of ether oxygens (including phenoxy) is 1. The molecule has 2 aromatic carbocycles. The second kappa shape index (κ2) is 9.66. The normalized spacial score (nSPS) is 18.3. The Morgan fingerprint density at radius 3 is 2.40 bits per heavy atom. The van der Waals surface area contributed by atoms with Crippen LogP contribution in [0.15, 0.2) is 48.5 Å². The first kappa shape index (κ1) is 23.0. The highest BCUT2D eigenvalue weighted by molar-refractivity contribution is 6.31. The standard InChI is InChI=1S/C22H25ClF3NO3/c23-20-7-6-17(12-19(20)22(24,25)26)21(29)8-10-27(11-9-21)13-18(28)15-30-14-16-4-2-1-3-5-16/h1-7,12,18,28-29H,8-11,13-15H2. The van der Waals surface area contributed by atoms with E-state index in [2.05, 4.69) is 0 Å². The molecule has 1 aliphatic heterocycles. The highest BCUT2D eigenvalue weighted by Crippen LogP contribution is 2.39. The lowest BCUT2D eigenvalue weighted by molar-refractivity contribution is -0.137. The van der Waals surface area contributed by atoms with Gasteiger partial charge in [0, 0.05) is 19.6 Å². The number of rotatable bonds is 7. The third-order valence-corrected chi connectivity index (χ3v) is 5.71. The largest absolute Gasteiger partial charge is 0.417 e. The molecule has 0 aliphatic carbocycles. The lowest BCUT2D eigenvalue weighted by Gasteiger charge is -2.39. The summed E-state index contributed by atoms with van der Waals surface area (Å²) >= 11 is 5.68. The van der Waals surface area contributed by atoms with Crippen LogP contribution >= 0.6 is 11.6 Å². The van der Waals surface area contributed by atoms with Crippen LogP contribution in [-0.2, 0) is 23.1 Å². The summed E-state index contributed by atoms with van der Waals surface area (Å²) in [6, 6.07) is 13.2. The number of piperidine rings is 1. The van der Waals surface area contributed by atoms with Crippen molar-refractivity contribution in [2.24, 2.45) is 0 Å². The van der Waals surface area contributed by atoms with E-state index in [-0.39, 0.29) is 30.0 Å². The Kier molecular flexibility index (Phi) is 7.42. The minimum Gasteiger partial charge on any atom is -0.389 e. The zero-order valence-corrected chi connectivity index (χ0v) is 17.2. The van der Waals surface area contributed by atoms with E-state index >= 15 is 0 Å². The first-order chi connectivity index (χ1) is 14.2. The molecule has 4 nitrogen and oxygen atoms in total. The van der Waals surface area contributed by atoms with Crippen LogP contribution in [0.1, 0.15) is 29.5 Å². The number of aliphatic hydroxyl groups is 2. The summed E-state index contributed by atoms with van der Waals surface area (Å²) in [5.41, 5.74) is -1.06. The van der Waals surface area contributed by atoms with Crippen molar-refractivity contribution in [3.8, 4) is 0 Å². The monoisotopic (exact) mass is 443 g/mol. The van der Waals surface area contributed by atoms with E-state index < -0.39 is 23.4 Å². The highest BCUT2D eigenvalue weighted by atomic mass is 35.5. The average molecular weight is 444 g/mol. The minimum absolute atomic E-state index is 0.182. The van der Waals surface area contributed by atoms with Crippen LogP contribution in [0.4, 0.5) is 13.2 Å². The number of benzene rings is 2. The Balaban J connectivity index is 1.50. The summed E-state index contributed by atoms with van der Waals surface area (Å²) in [6.45, 7) is 1.88. The van der Waals surface area contributed by atoms with Gasteiger partial charge in [-0.1, -0.05) is 48.0 Å². The molecule has 0 aromatic heterocycles. The Labute approximate surface area is 178 Å². The molecule has 164 valence electrons. The lowest BCUT2D eigenvalue weighted by Crippen LogP contribution is -2.45. The van der Waals surface area contributed by atoms with Crippen molar-refractivity contribution < 1.29 is 28.1 Å². The third-order valence-electron chi connectivity index (χ3n) is 5.38. The molecule has 0 radical (unpaired) electrons. The van der Waals surface area contributed by atoms with E-state index in [0.29, 0.717) is 26.2 Å². The van der Waals surface area contributed by atoms with Crippen LogP contribution in [0.2, 0.25) is 5.02 Å². The van der Waals surface area contributed by atoms with Crippen LogP contribution in [0.25, 0.3) is 0 Å². The molecule has 3 rings (SSSR count). The number of nitrogens with zero attached hydrogens (tertiary/aromatic N) is 1. The van der Waals surface area contributed by atoms with Crippen molar-refractivity contribution in [3.63, 3.8) is 0 Å². The SMILES string of the molecule is OC(COCc1ccccc1)CN1CCC(O)(c2ccc(Cl)c(C(F)(F)F)c2)CC1. The molecule has 1 fully saturated rings. The highest BCUT2D eigenvalue weighted by Gasteiger charge is 2.38. The number of hydrogen-bond acceptors (Lipinski definition) is 4. The van der Waals surface area contributed by atoms with Gasteiger partial charge in [0.2, 0.25) is 0 Å².